The highest BCUT2D eigenvalue weighted by Crippen LogP contribution is 2.25. The molecular weight excluding hydrogens is 312 g/mol. The van der Waals surface area contributed by atoms with Crippen LogP contribution in [0.1, 0.15) is 28.5 Å². The van der Waals surface area contributed by atoms with Crippen molar-refractivity contribution in [3.63, 3.8) is 0 Å². The van der Waals surface area contributed by atoms with E-state index in [2.05, 4.69) is 0 Å². The Hall–Kier alpha value is -2.96. The molecule has 0 fully saturated rings. The third kappa shape index (κ3) is 3.51. The van der Waals surface area contributed by atoms with Gasteiger partial charge in [-0.2, -0.15) is 0 Å². The number of carbonyl (C=O) groups excluding carboxylic acids is 2. The molecule has 0 saturated carbocycles. The Labute approximate surface area is 139 Å². The topological polar surface area (TPSA) is 92.8 Å². The van der Waals surface area contributed by atoms with Crippen LogP contribution >= 0.6 is 0 Å². The molecule has 1 heterocycles. The number of hydrogen-bond donors (Lipinski definition) is 1. The molecule has 1 aromatic heterocycles. The van der Waals surface area contributed by atoms with Crippen molar-refractivity contribution in [3.8, 4) is 5.75 Å². The smallest absolute Gasteiger partial charge is 0.418 e. The van der Waals surface area contributed by atoms with E-state index in [-0.39, 0.29) is 18.0 Å². The molecule has 0 amide bonds. The minimum Gasteiger partial charge on any atom is -0.497 e. The Morgan fingerprint density at radius 3 is 2.62 bits per heavy atom. The van der Waals surface area contributed by atoms with E-state index in [0.29, 0.717) is 17.7 Å². The van der Waals surface area contributed by atoms with E-state index >= 15 is 0 Å². The minimum atomic E-state index is -0.697. The van der Waals surface area contributed by atoms with Crippen LogP contribution in [-0.2, 0) is 15.9 Å². The van der Waals surface area contributed by atoms with Crippen LogP contribution in [0.3, 0.4) is 0 Å². The summed E-state index contributed by atoms with van der Waals surface area (Å²) in [5.74, 6) is 0.0153. The fourth-order valence-corrected chi connectivity index (χ4v) is 2.36. The van der Waals surface area contributed by atoms with Crippen LogP contribution in [0.15, 0.2) is 30.5 Å². The number of ether oxygens (including phenoxy) is 3. The van der Waals surface area contributed by atoms with Crippen molar-refractivity contribution in [2.24, 2.45) is 0 Å². The highest BCUT2D eigenvalue weighted by Gasteiger charge is 2.25. The first kappa shape index (κ1) is 17.4. The first-order valence-corrected chi connectivity index (χ1v) is 7.39. The molecular formula is C17H20N2O5. The lowest BCUT2D eigenvalue weighted by atomic mass is 10.1. The van der Waals surface area contributed by atoms with Gasteiger partial charge in [0.2, 0.25) is 0 Å². The molecule has 0 radical (unpaired) electrons. The second kappa shape index (κ2) is 7.54. The summed E-state index contributed by atoms with van der Waals surface area (Å²) in [4.78, 5) is 24.0. The second-order valence-corrected chi connectivity index (χ2v) is 5.01. The molecule has 7 nitrogen and oxygen atoms in total. The Morgan fingerprint density at radius 1 is 1.25 bits per heavy atom. The average Bonchev–Trinajstić information content (AvgIpc) is 2.91. The van der Waals surface area contributed by atoms with Gasteiger partial charge in [0.1, 0.15) is 5.75 Å². The molecule has 2 aromatic rings. The third-order valence-electron chi connectivity index (χ3n) is 3.50. The van der Waals surface area contributed by atoms with Gasteiger partial charge in [-0.05, 0) is 30.2 Å². The van der Waals surface area contributed by atoms with Crippen molar-refractivity contribution in [1.82, 2.24) is 4.57 Å². The third-order valence-corrected chi connectivity index (χ3v) is 3.50. The van der Waals surface area contributed by atoms with Crippen LogP contribution in [0.5, 0.6) is 5.75 Å². The minimum absolute atomic E-state index is 0.0335. The monoisotopic (exact) mass is 332 g/mol. The largest absolute Gasteiger partial charge is 0.497 e. The van der Waals surface area contributed by atoms with Gasteiger partial charge >= 0.3 is 12.1 Å². The van der Waals surface area contributed by atoms with Crippen molar-refractivity contribution < 1.29 is 23.8 Å². The van der Waals surface area contributed by atoms with Crippen molar-refractivity contribution in [1.29, 1.82) is 0 Å². The SMILES string of the molecule is CCOC(=O)n1cc(Cc2cccc(OC)c2)c(N)c1C(=O)OC. The number of nitrogens with two attached hydrogens (primary N) is 1. The molecule has 0 saturated heterocycles. The van der Waals surface area contributed by atoms with E-state index < -0.39 is 12.1 Å². The number of methoxy groups -OCH3 is 2. The summed E-state index contributed by atoms with van der Waals surface area (Å²) in [6.07, 6.45) is 1.25. The molecule has 1 aromatic carbocycles. The van der Waals surface area contributed by atoms with Crippen molar-refractivity contribution >= 4 is 17.7 Å². The van der Waals surface area contributed by atoms with E-state index in [1.807, 2.05) is 24.3 Å². The zero-order valence-electron chi connectivity index (χ0n) is 13.9. The summed E-state index contributed by atoms with van der Waals surface area (Å²) >= 11 is 0. The maximum absolute atomic E-state index is 12.1. The van der Waals surface area contributed by atoms with Gasteiger partial charge in [0.25, 0.3) is 0 Å². The molecule has 0 aliphatic carbocycles. The van der Waals surface area contributed by atoms with Crippen molar-refractivity contribution in [3.05, 3.63) is 47.3 Å². The normalized spacial score (nSPS) is 10.3. The highest BCUT2D eigenvalue weighted by atomic mass is 16.6. The fraction of sp³-hybridized carbons (Fsp3) is 0.294. The van der Waals surface area contributed by atoms with Crippen LogP contribution in [0.2, 0.25) is 0 Å². The molecule has 2 N–H and O–H groups in total. The molecule has 0 aliphatic rings. The average molecular weight is 332 g/mol. The molecule has 0 unspecified atom stereocenters. The van der Waals surface area contributed by atoms with Crippen molar-refractivity contribution in [2.75, 3.05) is 26.6 Å². The summed E-state index contributed by atoms with van der Waals surface area (Å²) in [5.41, 5.74) is 7.78. The second-order valence-electron chi connectivity index (χ2n) is 5.01. The molecule has 7 heteroatoms. The summed E-state index contributed by atoms with van der Waals surface area (Å²) < 4.78 is 16.0. The van der Waals surface area contributed by atoms with E-state index in [4.69, 9.17) is 19.9 Å². The van der Waals surface area contributed by atoms with E-state index in [9.17, 15) is 9.59 Å². The number of benzene rings is 1. The standard InChI is InChI=1S/C17H20N2O5/c1-4-24-17(21)19-10-12(14(18)15(19)16(20)23-3)8-11-6-5-7-13(9-11)22-2/h5-7,9-10H,4,8,18H2,1-3H3. The van der Waals surface area contributed by atoms with Gasteiger partial charge < -0.3 is 19.9 Å². The number of hydrogen-bond acceptors (Lipinski definition) is 6. The zero-order chi connectivity index (χ0) is 17.7. The Kier molecular flexibility index (Phi) is 5.47. The van der Waals surface area contributed by atoms with Crippen LogP contribution in [0.25, 0.3) is 0 Å². The molecule has 24 heavy (non-hydrogen) atoms. The van der Waals surface area contributed by atoms with Gasteiger partial charge in [0.05, 0.1) is 26.5 Å². The van der Waals surface area contributed by atoms with Gasteiger partial charge in [0, 0.05) is 12.6 Å². The Bertz CT molecular complexity index is 751. The van der Waals surface area contributed by atoms with Crippen LogP contribution in [0, 0.1) is 0 Å². The summed E-state index contributed by atoms with van der Waals surface area (Å²) in [7, 11) is 2.81. The number of nitrogen functional groups attached to an aromatic ring is 1. The summed E-state index contributed by atoms with van der Waals surface area (Å²) in [6, 6.07) is 7.45. The first-order chi connectivity index (χ1) is 11.5. The number of carbonyl (C=O) groups is 2. The number of rotatable bonds is 5. The lowest BCUT2D eigenvalue weighted by Gasteiger charge is -2.06. The highest BCUT2D eigenvalue weighted by molar-refractivity contribution is 5.98. The van der Waals surface area contributed by atoms with Crippen LogP contribution < -0.4 is 10.5 Å². The van der Waals surface area contributed by atoms with Gasteiger partial charge in [0.15, 0.2) is 5.69 Å². The van der Waals surface area contributed by atoms with E-state index in [1.165, 1.54) is 13.3 Å². The fourth-order valence-electron chi connectivity index (χ4n) is 2.36. The Balaban J connectivity index is 2.43. The molecule has 0 spiro atoms. The maximum atomic E-state index is 12.1. The number of anilines is 1. The molecule has 0 aliphatic heterocycles. The lowest BCUT2D eigenvalue weighted by molar-refractivity contribution is 0.0587. The van der Waals surface area contributed by atoms with Gasteiger partial charge in [-0.3, -0.25) is 0 Å². The molecule has 0 bridgehead atoms. The van der Waals surface area contributed by atoms with E-state index in [0.717, 1.165) is 10.1 Å². The summed E-state index contributed by atoms with van der Waals surface area (Å²) in [6.45, 7) is 1.86. The predicted molar refractivity (Wildman–Crippen MR) is 88.4 cm³/mol. The zero-order valence-corrected chi connectivity index (χ0v) is 13.9. The predicted octanol–water partition coefficient (Wildman–Crippen LogP) is 2.46. The molecule has 128 valence electrons. The number of aromatic nitrogens is 1. The van der Waals surface area contributed by atoms with Crippen LogP contribution in [0.4, 0.5) is 10.5 Å². The molecule has 0 atom stereocenters. The van der Waals surface area contributed by atoms with Crippen LogP contribution in [-0.4, -0.2) is 37.5 Å². The van der Waals surface area contributed by atoms with Gasteiger partial charge in [-0.25, -0.2) is 14.2 Å². The lowest BCUT2D eigenvalue weighted by Crippen LogP contribution is -2.19. The van der Waals surface area contributed by atoms with E-state index in [1.54, 1.807) is 14.0 Å². The van der Waals surface area contributed by atoms with Gasteiger partial charge in [-0.15, -0.1) is 0 Å². The van der Waals surface area contributed by atoms with Gasteiger partial charge in [-0.1, -0.05) is 12.1 Å². The Morgan fingerprint density at radius 2 is 2.00 bits per heavy atom. The maximum Gasteiger partial charge on any atom is 0.418 e. The van der Waals surface area contributed by atoms with Crippen molar-refractivity contribution in [2.45, 2.75) is 13.3 Å². The first-order valence-electron chi connectivity index (χ1n) is 7.39. The summed E-state index contributed by atoms with van der Waals surface area (Å²) in [5, 5.41) is 0. The number of nitrogens with zero attached hydrogens (tertiary/aromatic N) is 1. The quantitative estimate of drug-likeness (QED) is 0.846. The number of esters is 1. The molecule has 2 rings (SSSR count).